The second kappa shape index (κ2) is 6.28. The molecule has 108 valence electrons. The van der Waals surface area contributed by atoms with Gasteiger partial charge in [0.25, 0.3) is 0 Å². The van der Waals surface area contributed by atoms with Gasteiger partial charge in [-0.3, -0.25) is 15.5 Å². The largest absolute Gasteiger partial charge is 0.337 e. The molecule has 0 aliphatic rings. The SMILES string of the molecule is O=C(NNc1ncccc1[N+](=O)[O-])Nc1ccccc1F. The van der Waals surface area contributed by atoms with E-state index in [1.54, 1.807) is 6.07 Å². The van der Waals surface area contributed by atoms with E-state index in [9.17, 15) is 19.3 Å². The highest BCUT2D eigenvalue weighted by Gasteiger charge is 2.14. The number of nitro groups is 1. The number of halogens is 1. The Balaban J connectivity index is 1.99. The lowest BCUT2D eigenvalue weighted by Crippen LogP contribution is -2.34. The second-order valence-corrected chi connectivity index (χ2v) is 3.81. The van der Waals surface area contributed by atoms with Crippen molar-refractivity contribution < 1.29 is 14.1 Å². The lowest BCUT2D eigenvalue weighted by molar-refractivity contribution is -0.384. The zero-order valence-electron chi connectivity index (χ0n) is 10.5. The van der Waals surface area contributed by atoms with E-state index in [0.29, 0.717) is 0 Å². The highest BCUT2D eigenvalue weighted by molar-refractivity contribution is 5.90. The number of para-hydroxylation sites is 1. The molecule has 2 rings (SSSR count). The fraction of sp³-hybridized carbons (Fsp3) is 0. The van der Waals surface area contributed by atoms with Crippen LogP contribution in [-0.2, 0) is 0 Å². The molecule has 21 heavy (non-hydrogen) atoms. The minimum atomic E-state index is -0.792. The first-order valence-corrected chi connectivity index (χ1v) is 5.75. The molecule has 0 saturated heterocycles. The van der Waals surface area contributed by atoms with E-state index in [1.165, 1.54) is 36.5 Å². The number of benzene rings is 1. The number of hydrazine groups is 1. The maximum Gasteiger partial charge on any atom is 0.337 e. The number of amides is 2. The van der Waals surface area contributed by atoms with E-state index < -0.39 is 16.8 Å². The summed E-state index contributed by atoms with van der Waals surface area (Å²) in [6.45, 7) is 0. The molecule has 0 radical (unpaired) electrons. The van der Waals surface area contributed by atoms with Crippen LogP contribution in [0.2, 0.25) is 0 Å². The van der Waals surface area contributed by atoms with Gasteiger partial charge in [-0.05, 0) is 18.2 Å². The average molecular weight is 291 g/mol. The zero-order valence-corrected chi connectivity index (χ0v) is 10.5. The monoisotopic (exact) mass is 291 g/mol. The van der Waals surface area contributed by atoms with Crippen LogP contribution in [0, 0.1) is 15.9 Å². The van der Waals surface area contributed by atoms with Gasteiger partial charge in [0.15, 0.2) is 0 Å². The van der Waals surface area contributed by atoms with Crippen LogP contribution < -0.4 is 16.2 Å². The average Bonchev–Trinajstić information content (AvgIpc) is 2.48. The highest BCUT2D eigenvalue weighted by Crippen LogP contribution is 2.19. The van der Waals surface area contributed by atoms with Crippen molar-refractivity contribution >= 4 is 23.2 Å². The van der Waals surface area contributed by atoms with Crippen LogP contribution in [0.1, 0.15) is 0 Å². The Morgan fingerprint density at radius 1 is 1.24 bits per heavy atom. The minimum absolute atomic E-state index is 0.0210. The molecule has 0 atom stereocenters. The van der Waals surface area contributed by atoms with Crippen LogP contribution >= 0.6 is 0 Å². The van der Waals surface area contributed by atoms with Gasteiger partial charge in [-0.2, -0.15) is 0 Å². The van der Waals surface area contributed by atoms with Crippen LogP contribution in [0.3, 0.4) is 0 Å². The molecule has 0 saturated carbocycles. The highest BCUT2D eigenvalue weighted by atomic mass is 19.1. The number of carbonyl (C=O) groups is 1. The number of nitrogens with zero attached hydrogens (tertiary/aromatic N) is 2. The second-order valence-electron chi connectivity index (χ2n) is 3.81. The molecule has 0 bridgehead atoms. The Labute approximate surface area is 118 Å². The number of hydrogen-bond acceptors (Lipinski definition) is 5. The van der Waals surface area contributed by atoms with Crippen molar-refractivity contribution in [3.63, 3.8) is 0 Å². The van der Waals surface area contributed by atoms with Crippen molar-refractivity contribution in [2.75, 3.05) is 10.7 Å². The zero-order chi connectivity index (χ0) is 15.2. The van der Waals surface area contributed by atoms with Gasteiger partial charge in [-0.1, -0.05) is 12.1 Å². The Hall–Kier alpha value is -3.23. The molecule has 1 aromatic heterocycles. The third kappa shape index (κ3) is 3.62. The van der Waals surface area contributed by atoms with Crippen molar-refractivity contribution in [3.05, 3.63) is 58.5 Å². The quantitative estimate of drug-likeness (QED) is 0.591. The number of hydrogen-bond donors (Lipinski definition) is 3. The van der Waals surface area contributed by atoms with E-state index in [1.807, 2.05) is 0 Å². The summed E-state index contributed by atoms with van der Waals surface area (Å²) in [5.74, 6) is -0.734. The summed E-state index contributed by atoms with van der Waals surface area (Å²) < 4.78 is 13.3. The summed E-state index contributed by atoms with van der Waals surface area (Å²) in [4.78, 5) is 25.4. The minimum Gasteiger partial charge on any atom is -0.304 e. The van der Waals surface area contributed by atoms with E-state index >= 15 is 0 Å². The third-order valence-corrected chi connectivity index (χ3v) is 2.40. The molecule has 0 aliphatic carbocycles. The maximum atomic E-state index is 13.3. The number of nitrogens with one attached hydrogen (secondary N) is 3. The molecule has 0 spiro atoms. The van der Waals surface area contributed by atoms with Gasteiger partial charge < -0.3 is 5.32 Å². The van der Waals surface area contributed by atoms with Gasteiger partial charge in [-0.25, -0.2) is 19.6 Å². The standard InChI is InChI=1S/C12H10FN5O3/c13-8-4-1-2-5-9(8)15-12(19)17-16-11-10(18(20)21)6-3-7-14-11/h1-7H,(H,14,16)(H2,15,17,19). The predicted octanol–water partition coefficient (Wildman–Crippen LogP) is 2.28. The van der Waals surface area contributed by atoms with Gasteiger partial charge in [0.05, 0.1) is 10.6 Å². The number of carbonyl (C=O) groups excluding carboxylic acids is 1. The van der Waals surface area contributed by atoms with Gasteiger partial charge in [0, 0.05) is 12.3 Å². The molecule has 1 heterocycles. The topological polar surface area (TPSA) is 109 Å². The molecule has 3 N–H and O–H groups in total. The van der Waals surface area contributed by atoms with E-state index in [-0.39, 0.29) is 17.2 Å². The number of aromatic nitrogens is 1. The van der Waals surface area contributed by atoms with Crippen molar-refractivity contribution in [3.8, 4) is 0 Å². The number of pyridine rings is 1. The molecular formula is C12H10FN5O3. The van der Waals surface area contributed by atoms with Gasteiger partial charge in [-0.15, -0.1) is 0 Å². The molecule has 1 aromatic carbocycles. The maximum absolute atomic E-state index is 13.3. The summed E-state index contributed by atoms with van der Waals surface area (Å²) in [6, 6.07) is 7.42. The van der Waals surface area contributed by atoms with Gasteiger partial charge in [0.2, 0.25) is 5.82 Å². The molecule has 9 heteroatoms. The summed E-state index contributed by atoms with van der Waals surface area (Å²) in [7, 11) is 0. The first-order chi connectivity index (χ1) is 10.1. The summed E-state index contributed by atoms with van der Waals surface area (Å²) >= 11 is 0. The van der Waals surface area contributed by atoms with Crippen LogP contribution in [-0.4, -0.2) is 15.9 Å². The van der Waals surface area contributed by atoms with Crippen LogP contribution in [0.5, 0.6) is 0 Å². The fourth-order valence-corrected chi connectivity index (χ4v) is 1.47. The number of rotatable bonds is 4. The van der Waals surface area contributed by atoms with E-state index in [0.717, 1.165) is 0 Å². The van der Waals surface area contributed by atoms with E-state index in [4.69, 9.17) is 0 Å². The van der Waals surface area contributed by atoms with Crippen LogP contribution in [0.25, 0.3) is 0 Å². The first kappa shape index (κ1) is 14.2. The third-order valence-electron chi connectivity index (χ3n) is 2.40. The van der Waals surface area contributed by atoms with Crippen LogP contribution in [0.4, 0.5) is 26.4 Å². The normalized spacial score (nSPS) is 9.76. The summed E-state index contributed by atoms with van der Waals surface area (Å²) in [5, 5.41) is 13.0. The number of urea groups is 1. The summed E-state index contributed by atoms with van der Waals surface area (Å²) in [5.41, 5.74) is 4.11. The summed E-state index contributed by atoms with van der Waals surface area (Å²) in [6.07, 6.45) is 1.33. The predicted molar refractivity (Wildman–Crippen MR) is 73.1 cm³/mol. The molecule has 2 amide bonds. The molecule has 0 fully saturated rings. The Morgan fingerprint density at radius 2 is 2.00 bits per heavy atom. The first-order valence-electron chi connectivity index (χ1n) is 5.75. The van der Waals surface area contributed by atoms with Crippen molar-refractivity contribution in [2.45, 2.75) is 0 Å². The molecule has 0 unspecified atom stereocenters. The lowest BCUT2D eigenvalue weighted by Gasteiger charge is -2.09. The molecule has 0 aliphatic heterocycles. The molecule has 8 nitrogen and oxygen atoms in total. The fourth-order valence-electron chi connectivity index (χ4n) is 1.47. The Bertz CT molecular complexity index is 679. The van der Waals surface area contributed by atoms with E-state index in [2.05, 4.69) is 21.2 Å². The van der Waals surface area contributed by atoms with Gasteiger partial charge >= 0.3 is 11.7 Å². The Kier molecular flexibility index (Phi) is 4.24. The molecule has 2 aromatic rings. The molecular weight excluding hydrogens is 281 g/mol. The Morgan fingerprint density at radius 3 is 2.71 bits per heavy atom. The van der Waals surface area contributed by atoms with Crippen molar-refractivity contribution in [2.24, 2.45) is 0 Å². The smallest absolute Gasteiger partial charge is 0.304 e. The number of anilines is 2. The van der Waals surface area contributed by atoms with Crippen LogP contribution in [0.15, 0.2) is 42.6 Å². The lowest BCUT2D eigenvalue weighted by atomic mass is 10.3. The van der Waals surface area contributed by atoms with Crippen molar-refractivity contribution in [1.82, 2.24) is 10.4 Å². The van der Waals surface area contributed by atoms with Gasteiger partial charge in [0.1, 0.15) is 5.82 Å². The van der Waals surface area contributed by atoms with Crippen molar-refractivity contribution in [1.29, 1.82) is 0 Å².